The highest BCUT2D eigenvalue weighted by Crippen LogP contribution is 2.21. The van der Waals surface area contributed by atoms with Crippen molar-refractivity contribution < 1.29 is 0 Å². The van der Waals surface area contributed by atoms with Crippen LogP contribution in [0.15, 0.2) is 36.5 Å². The fourth-order valence-electron chi connectivity index (χ4n) is 1.88. The Labute approximate surface area is 104 Å². The Hall–Kier alpha value is -2.27. The normalized spacial score (nSPS) is 10.9. The van der Waals surface area contributed by atoms with Crippen LogP contribution in [-0.4, -0.2) is 26.7 Å². The highest BCUT2D eigenvalue weighted by Gasteiger charge is 2.05. The van der Waals surface area contributed by atoms with Crippen molar-refractivity contribution in [3.05, 3.63) is 42.4 Å². The Morgan fingerprint density at radius 1 is 1.17 bits per heavy atom. The van der Waals surface area contributed by atoms with Crippen LogP contribution in [0.2, 0.25) is 0 Å². The molecule has 0 saturated carbocycles. The van der Waals surface area contributed by atoms with Gasteiger partial charge in [0.2, 0.25) is 0 Å². The van der Waals surface area contributed by atoms with Crippen molar-refractivity contribution in [2.75, 3.05) is 6.54 Å². The average molecular weight is 239 g/mol. The zero-order valence-corrected chi connectivity index (χ0v) is 9.80. The maximum atomic E-state index is 5.45. The first-order chi connectivity index (χ1) is 8.86. The van der Waals surface area contributed by atoms with Gasteiger partial charge in [-0.2, -0.15) is 0 Å². The number of benzene rings is 1. The molecule has 0 radical (unpaired) electrons. The Kier molecular flexibility index (Phi) is 2.74. The van der Waals surface area contributed by atoms with E-state index in [2.05, 4.69) is 26.2 Å². The third-order valence-corrected chi connectivity index (χ3v) is 2.78. The molecule has 3 rings (SSSR count). The first-order valence-corrected chi connectivity index (χ1v) is 5.83. The Balaban J connectivity index is 1.98. The zero-order valence-electron chi connectivity index (χ0n) is 9.80. The third kappa shape index (κ3) is 1.96. The van der Waals surface area contributed by atoms with Crippen molar-refractivity contribution in [3.63, 3.8) is 0 Å². The molecule has 3 aromatic rings. The van der Waals surface area contributed by atoms with Gasteiger partial charge in [-0.3, -0.25) is 0 Å². The molecule has 5 nitrogen and oxygen atoms in total. The van der Waals surface area contributed by atoms with Crippen molar-refractivity contribution in [3.8, 4) is 11.4 Å². The fraction of sp³-hybridized carbons (Fsp3) is 0.154. The molecule has 1 aromatic carbocycles. The van der Waals surface area contributed by atoms with Gasteiger partial charge in [-0.1, -0.05) is 18.2 Å². The van der Waals surface area contributed by atoms with E-state index in [9.17, 15) is 0 Å². The van der Waals surface area contributed by atoms with E-state index in [1.54, 1.807) is 6.20 Å². The van der Waals surface area contributed by atoms with E-state index in [1.807, 2.05) is 24.3 Å². The molecule has 0 aliphatic heterocycles. The second kappa shape index (κ2) is 4.54. The summed E-state index contributed by atoms with van der Waals surface area (Å²) in [7, 11) is 0. The van der Waals surface area contributed by atoms with Crippen molar-refractivity contribution in [1.82, 2.24) is 20.2 Å². The van der Waals surface area contributed by atoms with Crippen molar-refractivity contribution in [1.29, 1.82) is 0 Å². The van der Waals surface area contributed by atoms with E-state index in [-0.39, 0.29) is 0 Å². The molecule has 2 heterocycles. The zero-order chi connectivity index (χ0) is 12.4. The monoisotopic (exact) mass is 239 g/mol. The van der Waals surface area contributed by atoms with Crippen LogP contribution in [0.25, 0.3) is 22.3 Å². The smallest absolute Gasteiger partial charge is 0.152 e. The van der Waals surface area contributed by atoms with Crippen LogP contribution in [-0.2, 0) is 6.42 Å². The summed E-state index contributed by atoms with van der Waals surface area (Å²) in [5, 5.41) is 9.37. The van der Waals surface area contributed by atoms with Crippen molar-refractivity contribution in [2.45, 2.75) is 6.42 Å². The highest BCUT2D eigenvalue weighted by molar-refractivity contribution is 5.84. The molecule has 5 heteroatoms. The summed E-state index contributed by atoms with van der Waals surface area (Å²) in [5.41, 5.74) is 8.20. The number of aromatic nitrogens is 4. The minimum atomic E-state index is 0.535. The third-order valence-electron chi connectivity index (χ3n) is 2.78. The van der Waals surface area contributed by atoms with Gasteiger partial charge in [-0.15, -0.1) is 10.2 Å². The van der Waals surface area contributed by atoms with Crippen molar-refractivity contribution in [2.24, 2.45) is 5.73 Å². The second-order valence-corrected chi connectivity index (χ2v) is 4.07. The van der Waals surface area contributed by atoms with Gasteiger partial charge in [0, 0.05) is 17.3 Å². The SMILES string of the molecule is NCCc1ncc(-c2cc3ccccc3[nH]2)nn1. The molecule has 0 unspecified atom stereocenters. The lowest BCUT2D eigenvalue weighted by Gasteiger charge is -1.97. The van der Waals surface area contributed by atoms with Gasteiger partial charge in [0.25, 0.3) is 0 Å². The molecule has 0 spiro atoms. The second-order valence-electron chi connectivity index (χ2n) is 4.07. The topological polar surface area (TPSA) is 80.5 Å². The van der Waals surface area contributed by atoms with Crippen LogP contribution in [0, 0.1) is 0 Å². The maximum Gasteiger partial charge on any atom is 0.152 e. The van der Waals surface area contributed by atoms with Gasteiger partial charge >= 0.3 is 0 Å². The molecule has 0 aliphatic carbocycles. The standard InChI is InChI=1S/C13H13N5/c14-6-5-13-15-8-12(17-18-13)11-7-9-3-1-2-4-10(9)16-11/h1-4,7-8,16H,5-6,14H2. The lowest BCUT2D eigenvalue weighted by atomic mass is 10.2. The maximum absolute atomic E-state index is 5.45. The van der Waals surface area contributed by atoms with E-state index >= 15 is 0 Å². The van der Waals surface area contributed by atoms with Crippen LogP contribution in [0.1, 0.15) is 5.82 Å². The van der Waals surface area contributed by atoms with Gasteiger partial charge < -0.3 is 10.7 Å². The summed E-state index contributed by atoms with van der Waals surface area (Å²) in [5.74, 6) is 0.678. The summed E-state index contributed by atoms with van der Waals surface area (Å²) in [6, 6.07) is 10.1. The number of rotatable bonds is 3. The van der Waals surface area contributed by atoms with Gasteiger partial charge in [-0.05, 0) is 18.7 Å². The summed E-state index contributed by atoms with van der Waals surface area (Å²) >= 11 is 0. The highest BCUT2D eigenvalue weighted by atomic mass is 15.2. The van der Waals surface area contributed by atoms with E-state index in [1.165, 1.54) is 0 Å². The number of aromatic amines is 1. The molecule has 2 aromatic heterocycles. The van der Waals surface area contributed by atoms with Crippen LogP contribution in [0.3, 0.4) is 0 Å². The fourth-order valence-corrected chi connectivity index (χ4v) is 1.88. The van der Waals surface area contributed by atoms with Crippen LogP contribution in [0.5, 0.6) is 0 Å². The summed E-state index contributed by atoms with van der Waals surface area (Å²) < 4.78 is 0. The molecule has 3 N–H and O–H groups in total. The molecule has 0 bridgehead atoms. The average Bonchev–Trinajstić information content (AvgIpc) is 2.84. The summed E-state index contributed by atoms with van der Waals surface area (Å²) in [6.45, 7) is 0.535. The van der Waals surface area contributed by atoms with E-state index < -0.39 is 0 Å². The molecule has 0 aliphatic rings. The summed E-state index contributed by atoms with van der Waals surface area (Å²) in [6.07, 6.45) is 2.38. The van der Waals surface area contributed by atoms with E-state index in [4.69, 9.17) is 5.73 Å². The largest absolute Gasteiger partial charge is 0.353 e. The molecular weight excluding hydrogens is 226 g/mol. The number of nitrogens with two attached hydrogens (primary N) is 1. The molecule has 0 atom stereocenters. The van der Waals surface area contributed by atoms with E-state index in [0.717, 1.165) is 22.3 Å². The molecular formula is C13H13N5. The molecule has 0 amide bonds. The van der Waals surface area contributed by atoms with Gasteiger partial charge in [-0.25, -0.2) is 4.98 Å². The first kappa shape index (κ1) is 10.9. The summed E-state index contributed by atoms with van der Waals surface area (Å²) in [4.78, 5) is 7.54. The number of para-hydroxylation sites is 1. The minimum absolute atomic E-state index is 0.535. The van der Waals surface area contributed by atoms with Crippen LogP contribution >= 0.6 is 0 Å². The Morgan fingerprint density at radius 2 is 2.06 bits per heavy atom. The minimum Gasteiger partial charge on any atom is -0.353 e. The lowest BCUT2D eigenvalue weighted by Crippen LogP contribution is -2.07. The molecule has 0 saturated heterocycles. The predicted molar refractivity (Wildman–Crippen MR) is 69.9 cm³/mol. The number of nitrogens with one attached hydrogen (secondary N) is 1. The van der Waals surface area contributed by atoms with Gasteiger partial charge in [0.15, 0.2) is 5.82 Å². The van der Waals surface area contributed by atoms with Crippen LogP contribution in [0.4, 0.5) is 0 Å². The van der Waals surface area contributed by atoms with E-state index in [0.29, 0.717) is 18.8 Å². The Morgan fingerprint density at radius 3 is 2.78 bits per heavy atom. The number of H-pyrrole nitrogens is 1. The van der Waals surface area contributed by atoms with Gasteiger partial charge in [0.1, 0.15) is 5.69 Å². The number of hydrogen-bond acceptors (Lipinski definition) is 4. The van der Waals surface area contributed by atoms with Crippen molar-refractivity contribution >= 4 is 10.9 Å². The van der Waals surface area contributed by atoms with Crippen LogP contribution < -0.4 is 5.73 Å². The molecule has 0 fully saturated rings. The predicted octanol–water partition coefficient (Wildman–Crippen LogP) is 1.52. The number of nitrogens with zero attached hydrogens (tertiary/aromatic N) is 3. The number of fused-ring (bicyclic) bond motifs is 1. The molecule has 18 heavy (non-hydrogen) atoms. The number of hydrogen-bond donors (Lipinski definition) is 2. The molecule has 90 valence electrons. The Bertz CT molecular complexity index is 623. The quantitative estimate of drug-likeness (QED) is 0.726. The lowest BCUT2D eigenvalue weighted by molar-refractivity contribution is 0.812. The first-order valence-electron chi connectivity index (χ1n) is 5.83. The van der Waals surface area contributed by atoms with Gasteiger partial charge in [0.05, 0.1) is 11.9 Å².